The van der Waals surface area contributed by atoms with Crippen molar-refractivity contribution in [3.05, 3.63) is 5.82 Å². The molecule has 0 saturated heterocycles. The van der Waals surface area contributed by atoms with Gasteiger partial charge in [0, 0.05) is 6.54 Å². The Bertz CT molecular complexity index is 406. The van der Waals surface area contributed by atoms with E-state index in [9.17, 15) is 4.79 Å². The van der Waals surface area contributed by atoms with E-state index < -0.39 is 11.9 Å². The molecule has 6 heteroatoms. The molecule has 1 heterocycles. The van der Waals surface area contributed by atoms with Gasteiger partial charge < -0.3 is 5.11 Å². The van der Waals surface area contributed by atoms with Crippen molar-refractivity contribution in [1.82, 2.24) is 20.2 Å². The summed E-state index contributed by atoms with van der Waals surface area (Å²) in [6.07, 6.45) is 11.3. The fraction of sp³-hybridized carbons (Fsp3) is 0.867. The Morgan fingerprint density at radius 2 is 1.67 bits per heavy atom. The maximum absolute atomic E-state index is 11.0. The van der Waals surface area contributed by atoms with Crippen LogP contribution in [0.1, 0.15) is 83.4 Å². The smallest absolute Gasteiger partial charge is 0.314 e. The van der Waals surface area contributed by atoms with Crippen molar-refractivity contribution in [1.29, 1.82) is 0 Å². The number of nitrogens with zero attached hydrogens (tertiary/aromatic N) is 4. The Kier molecular flexibility index (Phi) is 8.62. The predicted molar refractivity (Wildman–Crippen MR) is 81.1 cm³/mol. The van der Waals surface area contributed by atoms with Gasteiger partial charge in [-0.2, -0.15) is 0 Å². The monoisotopic (exact) mass is 296 g/mol. The summed E-state index contributed by atoms with van der Waals surface area (Å²) in [6.45, 7) is 4.55. The predicted octanol–water partition coefficient (Wildman–Crippen LogP) is 3.39. The topological polar surface area (TPSA) is 80.9 Å². The number of carboxylic acids is 1. The number of unbranched alkanes of at least 4 members (excludes halogenated alkanes) is 8. The average molecular weight is 296 g/mol. The summed E-state index contributed by atoms with van der Waals surface area (Å²) in [5, 5.41) is 20.3. The molecule has 0 radical (unpaired) electrons. The minimum absolute atomic E-state index is 0.446. The number of aryl methyl sites for hydroxylation is 1. The molecule has 1 rings (SSSR count). The Balaban J connectivity index is 2.13. The third kappa shape index (κ3) is 6.69. The molecular weight excluding hydrogens is 268 g/mol. The first-order valence-corrected chi connectivity index (χ1v) is 8.15. The van der Waals surface area contributed by atoms with Gasteiger partial charge in [-0.1, -0.05) is 58.3 Å². The second kappa shape index (κ2) is 10.3. The number of carboxylic acid groups (broad SMARTS) is 1. The van der Waals surface area contributed by atoms with Gasteiger partial charge in [-0.05, 0) is 23.8 Å². The van der Waals surface area contributed by atoms with E-state index >= 15 is 0 Å². The Morgan fingerprint density at radius 3 is 2.24 bits per heavy atom. The van der Waals surface area contributed by atoms with Crippen LogP contribution in [0.4, 0.5) is 0 Å². The van der Waals surface area contributed by atoms with Crippen molar-refractivity contribution >= 4 is 5.97 Å². The molecule has 1 aromatic heterocycles. The Hall–Kier alpha value is -1.46. The fourth-order valence-electron chi connectivity index (χ4n) is 2.36. The lowest BCUT2D eigenvalue weighted by Gasteiger charge is -2.07. The molecule has 0 amide bonds. The first kappa shape index (κ1) is 17.6. The maximum atomic E-state index is 11.0. The molecule has 0 saturated carbocycles. The molecular formula is C15H28N4O2. The molecule has 0 fully saturated rings. The fourth-order valence-corrected chi connectivity index (χ4v) is 2.36. The number of hydrogen-bond donors (Lipinski definition) is 1. The number of hydrogen-bond acceptors (Lipinski definition) is 4. The maximum Gasteiger partial charge on any atom is 0.314 e. The van der Waals surface area contributed by atoms with Gasteiger partial charge in [0.05, 0.1) is 0 Å². The van der Waals surface area contributed by atoms with Crippen LogP contribution < -0.4 is 0 Å². The molecule has 1 unspecified atom stereocenters. The number of aliphatic carboxylic acids is 1. The summed E-state index contributed by atoms with van der Waals surface area (Å²) in [5.41, 5.74) is 0. The van der Waals surface area contributed by atoms with Crippen molar-refractivity contribution in [2.24, 2.45) is 0 Å². The molecule has 6 nitrogen and oxygen atoms in total. The molecule has 1 aromatic rings. The van der Waals surface area contributed by atoms with Gasteiger partial charge in [-0.15, -0.1) is 5.10 Å². The zero-order valence-corrected chi connectivity index (χ0v) is 13.3. The van der Waals surface area contributed by atoms with E-state index in [-0.39, 0.29) is 0 Å². The van der Waals surface area contributed by atoms with Gasteiger partial charge in [0.2, 0.25) is 0 Å². The molecule has 0 aliphatic rings. The van der Waals surface area contributed by atoms with Gasteiger partial charge in [0.15, 0.2) is 5.82 Å². The summed E-state index contributed by atoms with van der Waals surface area (Å²) in [7, 11) is 0. The molecule has 0 spiro atoms. The molecule has 1 N–H and O–H groups in total. The van der Waals surface area contributed by atoms with Crippen LogP contribution in [-0.2, 0) is 11.3 Å². The molecule has 0 aliphatic heterocycles. The van der Waals surface area contributed by atoms with Gasteiger partial charge in [-0.3, -0.25) is 4.79 Å². The normalized spacial score (nSPS) is 12.5. The third-order valence-corrected chi connectivity index (χ3v) is 3.79. The third-order valence-electron chi connectivity index (χ3n) is 3.79. The molecule has 120 valence electrons. The van der Waals surface area contributed by atoms with E-state index in [0.29, 0.717) is 12.4 Å². The van der Waals surface area contributed by atoms with Crippen LogP contribution in [0, 0.1) is 0 Å². The van der Waals surface area contributed by atoms with E-state index in [1.54, 1.807) is 11.6 Å². The average Bonchev–Trinajstić information content (AvgIpc) is 2.93. The molecule has 0 bridgehead atoms. The van der Waals surface area contributed by atoms with Crippen LogP contribution in [0.3, 0.4) is 0 Å². The first-order valence-electron chi connectivity index (χ1n) is 8.15. The van der Waals surface area contributed by atoms with Crippen LogP contribution in [0.2, 0.25) is 0 Å². The number of tetrazole rings is 1. The van der Waals surface area contributed by atoms with Crippen molar-refractivity contribution in [3.8, 4) is 0 Å². The van der Waals surface area contributed by atoms with Crippen LogP contribution >= 0.6 is 0 Å². The summed E-state index contributed by atoms with van der Waals surface area (Å²) >= 11 is 0. The first-order chi connectivity index (χ1) is 10.2. The van der Waals surface area contributed by atoms with Crippen molar-refractivity contribution in [2.75, 3.05) is 0 Å². The van der Waals surface area contributed by atoms with E-state index in [1.807, 2.05) is 0 Å². The van der Waals surface area contributed by atoms with Gasteiger partial charge >= 0.3 is 5.97 Å². The van der Waals surface area contributed by atoms with Crippen molar-refractivity contribution in [3.63, 3.8) is 0 Å². The Morgan fingerprint density at radius 1 is 1.10 bits per heavy atom. The zero-order chi connectivity index (χ0) is 15.5. The largest absolute Gasteiger partial charge is 0.481 e. The number of carbonyl (C=O) groups is 1. The molecule has 0 aliphatic carbocycles. The summed E-state index contributed by atoms with van der Waals surface area (Å²) < 4.78 is 1.63. The second-order valence-corrected chi connectivity index (χ2v) is 5.65. The minimum atomic E-state index is -0.891. The second-order valence-electron chi connectivity index (χ2n) is 5.65. The molecule has 21 heavy (non-hydrogen) atoms. The lowest BCUT2D eigenvalue weighted by molar-refractivity contribution is -0.138. The standard InChI is InChI=1S/C15H28N4O2/c1-3-4-5-6-7-8-9-10-11-12-19-14(16-17-18-19)13(2)15(20)21/h13H,3-12H2,1-2H3,(H,20,21). The van der Waals surface area contributed by atoms with Crippen LogP contribution in [0.5, 0.6) is 0 Å². The summed E-state index contributed by atoms with van der Waals surface area (Å²) in [4.78, 5) is 11.0. The van der Waals surface area contributed by atoms with Crippen molar-refractivity contribution in [2.45, 2.75) is 84.1 Å². The molecule has 0 aromatic carbocycles. The lowest BCUT2D eigenvalue weighted by Crippen LogP contribution is -2.15. The minimum Gasteiger partial charge on any atom is -0.481 e. The number of aromatic nitrogens is 4. The lowest BCUT2D eigenvalue weighted by atomic mass is 10.1. The van der Waals surface area contributed by atoms with E-state index in [0.717, 1.165) is 12.8 Å². The summed E-state index contributed by atoms with van der Waals surface area (Å²) in [5.74, 6) is -1.10. The van der Waals surface area contributed by atoms with Gasteiger partial charge in [0.25, 0.3) is 0 Å². The SMILES string of the molecule is CCCCCCCCCCCn1nnnc1C(C)C(=O)O. The highest BCUT2D eigenvalue weighted by Gasteiger charge is 2.20. The van der Waals surface area contributed by atoms with Gasteiger partial charge in [-0.25, -0.2) is 4.68 Å². The van der Waals surface area contributed by atoms with Crippen LogP contribution in [0.15, 0.2) is 0 Å². The van der Waals surface area contributed by atoms with Gasteiger partial charge in [0.1, 0.15) is 5.92 Å². The van der Waals surface area contributed by atoms with Crippen molar-refractivity contribution < 1.29 is 9.90 Å². The number of rotatable bonds is 12. The van der Waals surface area contributed by atoms with E-state index in [2.05, 4.69) is 22.4 Å². The van der Waals surface area contributed by atoms with E-state index in [1.165, 1.54) is 44.9 Å². The summed E-state index contributed by atoms with van der Waals surface area (Å²) in [6, 6.07) is 0. The quantitative estimate of drug-likeness (QED) is 0.598. The molecule has 1 atom stereocenters. The zero-order valence-electron chi connectivity index (χ0n) is 13.3. The Labute approximate surface area is 126 Å². The highest BCUT2D eigenvalue weighted by atomic mass is 16.4. The van der Waals surface area contributed by atoms with Crippen LogP contribution in [0.25, 0.3) is 0 Å². The van der Waals surface area contributed by atoms with E-state index in [4.69, 9.17) is 5.11 Å². The highest BCUT2D eigenvalue weighted by Crippen LogP contribution is 2.13. The van der Waals surface area contributed by atoms with Crippen LogP contribution in [-0.4, -0.2) is 31.3 Å². The highest BCUT2D eigenvalue weighted by molar-refractivity contribution is 5.74.